The van der Waals surface area contributed by atoms with Gasteiger partial charge in [0, 0.05) is 0 Å². The van der Waals surface area contributed by atoms with Gasteiger partial charge in [-0.15, -0.1) is 0 Å². The molecule has 2 nitrogen and oxygen atoms in total. The summed E-state index contributed by atoms with van der Waals surface area (Å²) >= 11 is 0. The van der Waals surface area contributed by atoms with E-state index in [9.17, 15) is 0 Å². The van der Waals surface area contributed by atoms with E-state index in [1.807, 2.05) is 19.1 Å². The Morgan fingerprint density at radius 2 is 1.71 bits per heavy atom. The second kappa shape index (κ2) is 9.29. The maximum absolute atomic E-state index is 5.49. The van der Waals surface area contributed by atoms with E-state index in [0.29, 0.717) is 0 Å². The summed E-state index contributed by atoms with van der Waals surface area (Å²) in [5.41, 5.74) is 0. The minimum atomic E-state index is 0.865. The zero-order valence-electron chi connectivity index (χ0n) is 11.4. The molecule has 1 aromatic heterocycles. The molecule has 1 heterocycles. The molecule has 17 heavy (non-hydrogen) atoms. The van der Waals surface area contributed by atoms with E-state index in [1.165, 1.54) is 44.9 Å². The van der Waals surface area contributed by atoms with Crippen LogP contribution in [0.4, 0.5) is 0 Å². The Labute approximate surface area is 106 Å². The molecule has 1 rings (SSSR count). The van der Waals surface area contributed by atoms with Crippen LogP contribution in [0.25, 0.3) is 0 Å². The Morgan fingerprint density at radius 1 is 1.00 bits per heavy atom. The molecule has 0 saturated heterocycles. The summed E-state index contributed by atoms with van der Waals surface area (Å²) in [6.45, 7) is 6.22. The summed E-state index contributed by atoms with van der Waals surface area (Å²) < 4.78 is 5.49. The van der Waals surface area contributed by atoms with E-state index in [4.69, 9.17) is 4.42 Å². The highest BCUT2D eigenvalue weighted by Crippen LogP contribution is 2.07. The monoisotopic (exact) mass is 237 g/mol. The average molecular weight is 237 g/mol. The molecule has 0 spiro atoms. The van der Waals surface area contributed by atoms with Gasteiger partial charge in [0.05, 0.1) is 6.54 Å². The van der Waals surface area contributed by atoms with Crippen LogP contribution in [0, 0.1) is 6.92 Å². The summed E-state index contributed by atoms with van der Waals surface area (Å²) in [6.07, 6.45) is 9.59. The molecule has 0 saturated carbocycles. The third kappa shape index (κ3) is 7.22. The van der Waals surface area contributed by atoms with Crippen LogP contribution in [0.15, 0.2) is 16.5 Å². The second-order valence-corrected chi connectivity index (χ2v) is 4.81. The molecule has 0 aliphatic carbocycles. The lowest BCUT2D eigenvalue weighted by Crippen LogP contribution is -2.14. The van der Waals surface area contributed by atoms with Gasteiger partial charge in [0.2, 0.25) is 0 Å². The predicted molar refractivity (Wildman–Crippen MR) is 73.1 cm³/mol. The third-order valence-corrected chi connectivity index (χ3v) is 3.05. The first-order valence-corrected chi connectivity index (χ1v) is 7.09. The maximum atomic E-state index is 5.49. The summed E-state index contributed by atoms with van der Waals surface area (Å²) in [5, 5.41) is 3.42. The molecule has 0 aliphatic rings. The zero-order chi connectivity index (χ0) is 12.3. The fourth-order valence-corrected chi connectivity index (χ4v) is 2.00. The lowest BCUT2D eigenvalue weighted by molar-refractivity contribution is 0.457. The summed E-state index contributed by atoms with van der Waals surface area (Å²) in [6, 6.07) is 4.07. The van der Waals surface area contributed by atoms with Crippen LogP contribution in [0.5, 0.6) is 0 Å². The molecule has 0 fully saturated rings. The van der Waals surface area contributed by atoms with Crippen LogP contribution < -0.4 is 5.32 Å². The van der Waals surface area contributed by atoms with Crippen LogP contribution in [0.3, 0.4) is 0 Å². The molecular weight excluding hydrogens is 210 g/mol. The SMILES string of the molecule is CCCCCCCCCNCc1ccc(C)o1. The van der Waals surface area contributed by atoms with Crippen LogP contribution in [0.1, 0.15) is 63.4 Å². The molecule has 0 amide bonds. The lowest BCUT2D eigenvalue weighted by Gasteiger charge is -2.03. The van der Waals surface area contributed by atoms with Crippen LogP contribution in [-0.2, 0) is 6.54 Å². The smallest absolute Gasteiger partial charge is 0.117 e. The highest BCUT2D eigenvalue weighted by Gasteiger charge is 1.97. The number of hydrogen-bond donors (Lipinski definition) is 1. The van der Waals surface area contributed by atoms with Crippen molar-refractivity contribution in [1.29, 1.82) is 0 Å². The summed E-state index contributed by atoms with van der Waals surface area (Å²) in [7, 11) is 0. The van der Waals surface area contributed by atoms with Crippen molar-refractivity contribution in [3.05, 3.63) is 23.7 Å². The van der Waals surface area contributed by atoms with Crippen LogP contribution >= 0.6 is 0 Å². The Kier molecular flexibility index (Phi) is 7.81. The van der Waals surface area contributed by atoms with Gasteiger partial charge in [0.15, 0.2) is 0 Å². The van der Waals surface area contributed by atoms with Gasteiger partial charge in [-0.05, 0) is 32.0 Å². The fraction of sp³-hybridized carbons (Fsp3) is 0.733. The molecule has 0 aromatic carbocycles. The minimum Gasteiger partial charge on any atom is -0.465 e. The average Bonchev–Trinajstić information content (AvgIpc) is 2.73. The van der Waals surface area contributed by atoms with E-state index in [2.05, 4.69) is 12.2 Å². The number of rotatable bonds is 10. The third-order valence-electron chi connectivity index (χ3n) is 3.05. The quantitative estimate of drug-likeness (QED) is 0.609. The highest BCUT2D eigenvalue weighted by atomic mass is 16.3. The normalized spacial score (nSPS) is 10.9. The number of hydrogen-bond acceptors (Lipinski definition) is 2. The van der Waals surface area contributed by atoms with Gasteiger partial charge in [-0.3, -0.25) is 0 Å². The van der Waals surface area contributed by atoms with Crippen molar-refractivity contribution < 1.29 is 4.42 Å². The van der Waals surface area contributed by atoms with E-state index < -0.39 is 0 Å². The molecule has 0 atom stereocenters. The van der Waals surface area contributed by atoms with Gasteiger partial charge in [0.25, 0.3) is 0 Å². The Bertz CT molecular complexity index is 280. The van der Waals surface area contributed by atoms with E-state index >= 15 is 0 Å². The molecule has 1 aromatic rings. The van der Waals surface area contributed by atoms with Gasteiger partial charge in [-0.2, -0.15) is 0 Å². The van der Waals surface area contributed by atoms with Gasteiger partial charge < -0.3 is 9.73 Å². The number of unbranched alkanes of at least 4 members (excludes halogenated alkanes) is 6. The predicted octanol–water partition coefficient (Wildman–Crippen LogP) is 4.43. The number of aryl methyl sites for hydroxylation is 1. The van der Waals surface area contributed by atoms with Crippen LogP contribution in [0.2, 0.25) is 0 Å². The van der Waals surface area contributed by atoms with E-state index in [1.54, 1.807) is 0 Å². The first kappa shape index (κ1) is 14.3. The van der Waals surface area contributed by atoms with Gasteiger partial charge in [0.1, 0.15) is 11.5 Å². The highest BCUT2D eigenvalue weighted by molar-refractivity contribution is 5.04. The molecule has 1 N–H and O–H groups in total. The molecular formula is C15H27NO. The van der Waals surface area contributed by atoms with Crippen molar-refractivity contribution >= 4 is 0 Å². The van der Waals surface area contributed by atoms with Crippen molar-refractivity contribution in [3.8, 4) is 0 Å². The number of furan rings is 1. The van der Waals surface area contributed by atoms with E-state index in [0.717, 1.165) is 24.6 Å². The summed E-state index contributed by atoms with van der Waals surface area (Å²) in [4.78, 5) is 0. The Morgan fingerprint density at radius 3 is 2.35 bits per heavy atom. The van der Waals surface area contributed by atoms with Gasteiger partial charge >= 0.3 is 0 Å². The topological polar surface area (TPSA) is 25.2 Å². The molecule has 2 heteroatoms. The largest absolute Gasteiger partial charge is 0.465 e. The number of nitrogens with one attached hydrogen (secondary N) is 1. The first-order valence-electron chi connectivity index (χ1n) is 7.09. The molecule has 98 valence electrons. The molecule has 0 aliphatic heterocycles. The fourth-order valence-electron chi connectivity index (χ4n) is 2.00. The standard InChI is InChI=1S/C15H27NO/c1-3-4-5-6-7-8-9-12-16-13-15-11-10-14(2)17-15/h10-11,16H,3-9,12-13H2,1-2H3. The van der Waals surface area contributed by atoms with Gasteiger partial charge in [-0.1, -0.05) is 45.4 Å². The molecule has 0 radical (unpaired) electrons. The van der Waals surface area contributed by atoms with Crippen LogP contribution in [-0.4, -0.2) is 6.54 Å². The van der Waals surface area contributed by atoms with E-state index in [-0.39, 0.29) is 0 Å². The van der Waals surface area contributed by atoms with Crippen molar-refractivity contribution in [2.24, 2.45) is 0 Å². The van der Waals surface area contributed by atoms with Gasteiger partial charge in [-0.25, -0.2) is 0 Å². The van der Waals surface area contributed by atoms with Crippen molar-refractivity contribution in [2.75, 3.05) is 6.54 Å². The van der Waals surface area contributed by atoms with Crippen molar-refractivity contribution in [3.63, 3.8) is 0 Å². The molecule has 0 unspecified atom stereocenters. The maximum Gasteiger partial charge on any atom is 0.117 e. The Balaban J connectivity index is 1.84. The van der Waals surface area contributed by atoms with Crippen molar-refractivity contribution in [1.82, 2.24) is 5.32 Å². The Hall–Kier alpha value is -0.760. The minimum absolute atomic E-state index is 0.865. The first-order chi connectivity index (χ1) is 8.33. The zero-order valence-corrected chi connectivity index (χ0v) is 11.4. The van der Waals surface area contributed by atoms with Crippen molar-refractivity contribution in [2.45, 2.75) is 65.3 Å². The second-order valence-electron chi connectivity index (χ2n) is 4.81. The summed E-state index contributed by atoms with van der Waals surface area (Å²) in [5.74, 6) is 2.04. The lowest BCUT2D eigenvalue weighted by atomic mass is 10.1. The molecule has 0 bridgehead atoms.